The number of amides is 3. The zero-order valence-electron chi connectivity index (χ0n) is 28.8. The van der Waals surface area contributed by atoms with Gasteiger partial charge in [-0.2, -0.15) is 18.3 Å². The number of aromatic nitrogens is 5. The number of H-pyrrole nitrogens is 1. The Kier molecular flexibility index (Phi) is 9.69. The SMILES string of the molecule is CCN(C(=O)OC(C)(C)C)c1cc(F)cc2c1[nH]c1ncc(-c3cncc(CC(=O)NNC(=O)OC(C)(C)C)c3)c(-n3ccc(C(F)(F)F)n3)c12. The molecule has 0 saturated heterocycles. The molecule has 0 saturated carbocycles. The molecule has 5 aromatic rings. The van der Waals surface area contributed by atoms with Crippen LogP contribution < -0.4 is 15.8 Å². The molecule has 0 radical (unpaired) electrons. The van der Waals surface area contributed by atoms with Crippen molar-refractivity contribution in [2.45, 2.75) is 72.3 Å². The van der Waals surface area contributed by atoms with Gasteiger partial charge in [0.15, 0.2) is 5.69 Å². The summed E-state index contributed by atoms with van der Waals surface area (Å²) < 4.78 is 68.4. The number of carbonyl (C=O) groups excluding carboxylic acids is 3. The number of benzene rings is 1. The quantitative estimate of drug-likeness (QED) is 0.126. The summed E-state index contributed by atoms with van der Waals surface area (Å²) >= 11 is 0. The van der Waals surface area contributed by atoms with Crippen molar-refractivity contribution in [3.63, 3.8) is 0 Å². The number of nitrogens with zero attached hydrogens (tertiary/aromatic N) is 5. The van der Waals surface area contributed by atoms with Gasteiger partial charge < -0.3 is 14.5 Å². The Morgan fingerprint density at radius 2 is 1.67 bits per heavy atom. The molecule has 5 rings (SSSR count). The summed E-state index contributed by atoms with van der Waals surface area (Å²) in [5.41, 5.74) is 3.21. The maximum Gasteiger partial charge on any atom is 0.435 e. The standard InChI is InChI=1S/C34H36F4N8O5/c1-8-45(31(49)51-33(5,6)7)23-14-20(35)13-21-26-28(46-10-9-24(44-46)34(36,37)38)22(17-40-29(26)41-27(21)23)19-11-18(15-39-16-19)12-25(47)42-43-30(48)50-32(2,3)4/h9-11,13-17H,8,12H2,1-7H3,(H,40,41)(H,42,47)(H,43,48). The normalized spacial score (nSPS) is 12.2. The van der Waals surface area contributed by atoms with Crippen molar-refractivity contribution < 1.29 is 41.4 Å². The second kappa shape index (κ2) is 13.5. The monoisotopic (exact) mass is 712 g/mol. The maximum atomic E-state index is 15.4. The molecule has 51 heavy (non-hydrogen) atoms. The van der Waals surface area contributed by atoms with Crippen LogP contribution in [0.4, 0.5) is 32.8 Å². The first kappa shape index (κ1) is 36.5. The number of nitrogens with one attached hydrogen (secondary N) is 3. The molecule has 270 valence electrons. The number of hydrogen-bond acceptors (Lipinski definition) is 8. The van der Waals surface area contributed by atoms with Crippen LogP contribution in [-0.2, 0) is 26.9 Å². The summed E-state index contributed by atoms with van der Waals surface area (Å²) in [5, 5.41) is 4.21. The summed E-state index contributed by atoms with van der Waals surface area (Å²) in [6.07, 6.45) is -1.30. The Bertz CT molecular complexity index is 2130. The molecular formula is C34H36F4N8O5. The van der Waals surface area contributed by atoms with Crippen LogP contribution in [0.15, 0.2) is 49.1 Å². The molecule has 13 nitrogen and oxygen atoms in total. The summed E-state index contributed by atoms with van der Waals surface area (Å²) in [6, 6.07) is 4.70. The van der Waals surface area contributed by atoms with Crippen LogP contribution in [-0.4, -0.2) is 60.6 Å². The lowest BCUT2D eigenvalue weighted by Gasteiger charge is -2.27. The van der Waals surface area contributed by atoms with E-state index in [0.29, 0.717) is 11.1 Å². The van der Waals surface area contributed by atoms with E-state index in [0.717, 1.165) is 23.0 Å². The molecular weight excluding hydrogens is 676 g/mol. The zero-order valence-corrected chi connectivity index (χ0v) is 28.8. The van der Waals surface area contributed by atoms with Gasteiger partial charge in [0.2, 0.25) is 5.91 Å². The number of carbonyl (C=O) groups is 3. The van der Waals surface area contributed by atoms with Gasteiger partial charge in [0.1, 0.15) is 22.7 Å². The van der Waals surface area contributed by atoms with Gasteiger partial charge >= 0.3 is 18.4 Å². The lowest BCUT2D eigenvalue weighted by molar-refractivity contribution is -0.141. The van der Waals surface area contributed by atoms with Gasteiger partial charge in [0.25, 0.3) is 0 Å². The largest absolute Gasteiger partial charge is 0.443 e. The Balaban J connectivity index is 1.65. The van der Waals surface area contributed by atoms with Gasteiger partial charge in [0.05, 0.1) is 28.7 Å². The molecule has 3 N–H and O–H groups in total. The molecule has 0 atom stereocenters. The molecule has 3 amide bonds. The minimum atomic E-state index is -4.77. The number of anilines is 1. The molecule has 0 aliphatic heterocycles. The average molecular weight is 713 g/mol. The molecule has 4 aromatic heterocycles. The highest BCUT2D eigenvalue weighted by molar-refractivity contribution is 6.16. The van der Waals surface area contributed by atoms with E-state index in [1.165, 1.54) is 29.6 Å². The van der Waals surface area contributed by atoms with Crippen LogP contribution in [0.3, 0.4) is 0 Å². The van der Waals surface area contributed by atoms with Gasteiger partial charge in [-0.25, -0.2) is 29.1 Å². The van der Waals surface area contributed by atoms with Crippen LogP contribution in [0.2, 0.25) is 0 Å². The highest BCUT2D eigenvalue weighted by Gasteiger charge is 2.34. The van der Waals surface area contributed by atoms with E-state index in [9.17, 15) is 27.6 Å². The lowest BCUT2D eigenvalue weighted by Crippen LogP contribution is -2.44. The number of aromatic amines is 1. The van der Waals surface area contributed by atoms with Crippen LogP contribution in [0, 0.1) is 5.82 Å². The van der Waals surface area contributed by atoms with Crippen LogP contribution in [0.1, 0.15) is 59.7 Å². The predicted molar refractivity (Wildman–Crippen MR) is 179 cm³/mol. The zero-order chi connectivity index (χ0) is 37.5. The van der Waals surface area contributed by atoms with Gasteiger partial charge in [0, 0.05) is 47.8 Å². The van der Waals surface area contributed by atoms with Crippen molar-refractivity contribution >= 4 is 45.7 Å². The Morgan fingerprint density at radius 1 is 0.961 bits per heavy atom. The smallest absolute Gasteiger partial charge is 0.435 e. The second-order valence-corrected chi connectivity index (χ2v) is 13.5. The Hall–Kier alpha value is -5.74. The van der Waals surface area contributed by atoms with Crippen molar-refractivity contribution in [1.82, 2.24) is 35.6 Å². The van der Waals surface area contributed by atoms with E-state index in [4.69, 9.17) is 9.47 Å². The van der Waals surface area contributed by atoms with Gasteiger partial charge in [-0.15, -0.1) is 0 Å². The van der Waals surface area contributed by atoms with Gasteiger partial charge in [-0.3, -0.25) is 20.1 Å². The minimum Gasteiger partial charge on any atom is -0.443 e. The molecule has 4 heterocycles. The van der Waals surface area contributed by atoms with Gasteiger partial charge in [-0.1, -0.05) is 0 Å². The number of ether oxygens (including phenoxy) is 2. The second-order valence-electron chi connectivity index (χ2n) is 13.5. The van der Waals surface area contributed by atoms with E-state index in [-0.39, 0.29) is 51.8 Å². The number of rotatable bonds is 6. The molecule has 0 aliphatic rings. The van der Waals surface area contributed by atoms with Crippen LogP contribution in [0.25, 0.3) is 38.8 Å². The highest BCUT2D eigenvalue weighted by atomic mass is 19.4. The number of pyridine rings is 2. The third kappa shape index (κ3) is 8.36. The molecule has 1 aromatic carbocycles. The highest BCUT2D eigenvalue weighted by Crippen LogP contribution is 2.40. The Labute approximate surface area is 289 Å². The third-order valence-electron chi connectivity index (χ3n) is 7.15. The first-order chi connectivity index (χ1) is 23.7. The predicted octanol–water partition coefficient (Wildman–Crippen LogP) is 6.98. The third-order valence-corrected chi connectivity index (χ3v) is 7.15. The molecule has 0 aliphatic carbocycles. The first-order valence-electron chi connectivity index (χ1n) is 15.7. The molecule has 17 heteroatoms. The summed E-state index contributed by atoms with van der Waals surface area (Å²) in [7, 11) is 0. The Morgan fingerprint density at radius 3 is 2.29 bits per heavy atom. The number of halogens is 4. The van der Waals surface area contributed by atoms with Gasteiger partial charge in [-0.05, 0) is 78.3 Å². The van der Waals surface area contributed by atoms with Crippen LogP contribution >= 0.6 is 0 Å². The van der Waals surface area contributed by atoms with E-state index in [1.807, 2.05) is 0 Å². The topological polar surface area (TPSA) is 156 Å². The molecule has 0 spiro atoms. The first-order valence-corrected chi connectivity index (χ1v) is 15.7. The van der Waals surface area contributed by atoms with E-state index in [2.05, 4.69) is 30.9 Å². The number of hydrogen-bond donors (Lipinski definition) is 3. The fraction of sp³-hybridized carbons (Fsp3) is 0.353. The van der Waals surface area contributed by atoms with E-state index >= 15 is 4.39 Å². The summed E-state index contributed by atoms with van der Waals surface area (Å²) in [6.45, 7) is 11.8. The fourth-order valence-corrected chi connectivity index (χ4v) is 5.25. The average Bonchev–Trinajstić information content (AvgIpc) is 3.64. The van der Waals surface area contributed by atoms with E-state index < -0.39 is 47.0 Å². The number of fused-ring (bicyclic) bond motifs is 3. The van der Waals surface area contributed by atoms with Crippen LogP contribution in [0.5, 0.6) is 0 Å². The number of hydrazine groups is 1. The summed E-state index contributed by atoms with van der Waals surface area (Å²) in [5.74, 6) is -1.34. The van der Waals surface area contributed by atoms with Crippen molar-refractivity contribution in [3.05, 3.63) is 66.1 Å². The minimum absolute atomic E-state index is 0.0913. The van der Waals surface area contributed by atoms with Crippen molar-refractivity contribution in [1.29, 1.82) is 0 Å². The lowest BCUT2D eigenvalue weighted by atomic mass is 10.0. The van der Waals surface area contributed by atoms with Crippen molar-refractivity contribution in [2.24, 2.45) is 0 Å². The van der Waals surface area contributed by atoms with E-state index in [1.54, 1.807) is 54.5 Å². The fourth-order valence-electron chi connectivity index (χ4n) is 5.25. The van der Waals surface area contributed by atoms with Crippen molar-refractivity contribution in [3.8, 4) is 16.8 Å². The molecule has 0 unspecified atom stereocenters. The maximum absolute atomic E-state index is 15.4. The number of alkyl halides is 3. The molecule has 0 fully saturated rings. The van der Waals surface area contributed by atoms with Crippen molar-refractivity contribution in [2.75, 3.05) is 11.4 Å². The summed E-state index contributed by atoms with van der Waals surface area (Å²) in [4.78, 5) is 50.9. The molecule has 0 bridgehead atoms.